The quantitative estimate of drug-likeness (QED) is 0.409. The average Bonchev–Trinajstić information content (AvgIpc) is 3.06. The third-order valence-electron chi connectivity index (χ3n) is 7.82. The largest absolute Gasteiger partial charge is 0.450 e. The Morgan fingerprint density at radius 1 is 1.04 bits per heavy atom. The molecule has 2 aliphatic heterocycles. The molecule has 4 rings (SSSR count). The zero-order chi connectivity index (χ0) is 34.8. The summed E-state index contributed by atoms with van der Waals surface area (Å²) < 4.78 is 21.7. The summed E-state index contributed by atoms with van der Waals surface area (Å²) in [5.41, 5.74) is 5.21. The van der Waals surface area contributed by atoms with E-state index in [2.05, 4.69) is 16.1 Å². The highest BCUT2D eigenvalue weighted by molar-refractivity contribution is 5.91. The van der Waals surface area contributed by atoms with Crippen LogP contribution in [-0.2, 0) is 42.9 Å². The zero-order valence-electron chi connectivity index (χ0n) is 28.0. The maximum atomic E-state index is 13.3. The van der Waals surface area contributed by atoms with E-state index in [0.29, 0.717) is 31.5 Å². The molecule has 3 heterocycles. The lowest BCUT2D eigenvalue weighted by Gasteiger charge is -2.35. The van der Waals surface area contributed by atoms with E-state index in [-0.39, 0.29) is 18.9 Å². The monoisotopic (exact) mass is 667 g/mol. The van der Waals surface area contributed by atoms with Crippen molar-refractivity contribution in [1.29, 1.82) is 0 Å². The van der Waals surface area contributed by atoms with Crippen LogP contribution in [0.1, 0.15) is 77.6 Å². The molecule has 1 aromatic heterocycles. The molecule has 1 aromatic carbocycles. The molecule has 1 saturated heterocycles. The lowest BCUT2D eigenvalue weighted by Crippen LogP contribution is -2.61. The summed E-state index contributed by atoms with van der Waals surface area (Å²) in [7, 11) is 0. The van der Waals surface area contributed by atoms with E-state index in [0.717, 1.165) is 16.5 Å². The maximum absolute atomic E-state index is 13.3. The molecular formula is C34H45N5O9. The number of benzene rings is 1. The van der Waals surface area contributed by atoms with Gasteiger partial charge in [0.1, 0.15) is 12.1 Å². The van der Waals surface area contributed by atoms with E-state index in [1.807, 2.05) is 44.2 Å². The summed E-state index contributed by atoms with van der Waals surface area (Å²) in [5.74, 6) is -3.33. The standard InChI is InChI=1S/C34H45N5O9/c1-6-9-28(40)48-34-45-17-8-10-23-12-13-24-14-15-25(37-27(24)18-23)21(4)35-31(42)26-11-7-16-39(38-26)33(44)22(5)36-32(43)30(20(2)3)47-29(41)19-46-34/h8,10,12-15,18,20-22,26,30,34,38H,6-7,9,11,16-17,19H2,1-5H3,(H,35,42)(H,36,43)/b10-8+/t21-,22+,26+,30+,34-/m1/s1. The first-order valence-electron chi connectivity index (χ1n) is 16.3. The minimum atomic E-state index is -1.50. The van der Waals surface area contributed by atoms with Crippen molar-refractivity contribution in [3.05, 3.63) is 47.7 Å². The number of hydrazine groups is 1. The number of nitrogens with one attached hydrogen (secondary N) is 3. The van der Waals surface area contributed by atoms with Crippen molar-refractivity contribution in [3.8, 4) is 0 Å². The van der Waals surface area contributed by atoms with E-state index < -0.39 is 67.0 Å². The number of hydrogen-bond acceptors (Lipinski definition) is 11. The van der Waals surface area contributed by atoms with Crippen molar-refractivity contribution in [1.82, 2.24) is 26.1 Å². The van der Waals surface area contributed by atoms with E-state index >= 15 is 0 Å². The van der Waals surface area contributed by atoms with Crippen molar-refractivity contribution in [2.75, 3.05) is 19.8 Å². The van der Waals surface area contributed by atoms with Gasteiger partial charge in [0, 0.05) is 18.4 Å². The molecule has 5 bridgehead atoms. The van der Waals surface area contributed by atoms with Crippen molar-refractivity contribution in [3.63, 3.8) is 0 Å². The van der Waals surface area contributed by atoms with Crippen molar-refractivity contribution < 1.29 is 42.9 Å². The molecule has 2 aromatic rings. The molecule has 3 N–H and O–H groups in total. The summed E-state index contributed by atoms with van der Waals surface area (Å²) in [6.45, 7) is 6.69. The van der Waals surface area contributed by atoms with E-state index in [1.165, 1.54) is 11.9 Å². The fraction of sp³-hybridized carbons (Fsp3) is 0.529. The Labute approximate surface area is 279 Å². The van der Waals surface area contributed by atoms with Crippen LogP contribution in [0.2, 0.25) is 0 Å². The molecule has 1 fully saturated rings. The van der Waals surface area contributed by atoms with Crippen LogP contribution in [0.4, 0.5) is 0 Å². The Bertz CT molecular complexity index is 1510. The van der Waals surface area contributed by atoms with Gasteiger partial charge in [-0.3, -0.25) is 29.2 Å². The van der Waals surface area contributed by atoms with Crippen molar-refractivity contribution >= 4 is 46.6 Å². The minimum absolute atomic E-state index is 0.0249. The number of hydrogen-bond donors (Lipinski definition) is 3. The lowest BCUT2D eigenvalue weighted by atomic mass is 10.1. The topological polar surface area (TPSA) is 174 Å². The van der Waals surface area contributed by atoms with Crippen LogP contribution in [0, 0.1) is 5.92 Å². The molecule has 260 valence electrons. The SMILES string of the molecule is CCCC(=O)O[C@@H]1OC/C=C/c2ccc3ccc(nc3c2)[C@@H](C)NC(=O)[C@@H]2CCCN(N2)C(=O)[C@H](C)NC(=O)[C@H](C(C)C)OC(=O)CO1. The van der Waals surface area contributed by atoms with Gasteiger partial charge in [-0.25, -0.2) is 10.2 Å². The van der Waals surface area contributed by atoms with Gasteiger partial charge in [-0.15, -0.1) is 0 Å². The highest BCUT2D eigenvalue weighted by atomic mass is 16.9. The fourth-order valence-electron chi connectivity index (χ4n) is 5.22. The molecule has 3 amide bonds. The Kier molecular flexibility index (Phi) is 13.0. The molecule has 14 heteroatoms. The Morgan fingerprint density at radius 3 is 2.54 bits per heavy atom. The summed E-state index contributed by atoms with van der Waals surface area (Å²) in [6.07, 6.45) is 4.00. The maximum Gasteiger partial charge on any atom is 0.333 e. The molecule has 0 aliphatic carbocycles. The number of aromatic nitrogens is 1. The summed E-state index contributed by atoms with van der Waals surface area (Å²) in [5, 5.41) is 7.85. The van der Waals surface area contributed by atoms with Crippen LogP contribution >= 0.6 is 0 Å². The molecule has 14 nitrogen and oxygen atoms in total. The molecule has 0 radical (unpaired) electrons. The van der Waals surface area contributed by atoms with Gasteiger partial charge in [0.25, 0.3) is 11.8 Å². The Morgan fingerprint density at radius 2 is 1.79 bits per heavy atom. The van der Waals surface area contributed by atoms with Crippen LogP contribution in [0.5, 0.6) is 0 Å². The molecule has 48 heavy (non-hydrogen) atoms. The van der Waals surface area contributed by atoms with E-state index in [9.17, 15) is 24.0 Å². The van der Waals surface area contributed by atoms with Crippen LogP contribution in [0.25, 0.3) is 17.0 Å². The molecule has 5 atom stereocenters. The molecule has 0 spiro atoms. The second-order valence-electron chi connectivity index (χ2n) is 12.2. The molecule has 0 unspecified atom stereocenters. The second-order valence-corrected chi connectivity index (χ2v) is 12.2. The average molecular weight is 668 g/mol. The highest BCUT2D eigenvalue weighted by Crippen LogP contribution is 2.20. The third-order valence-corrected chi connectivity index (χ3v) is 7.82. The van der Waals surface area contributed by atoms with Gasteiger partial charge < -0.3 is 29.6 Å². The summed E-state index contributed by atoms with van der Waals surface area (Å²) >= 11 is 0. The number of esters is 2. The Hall–Kier alpha value is -4.40. The van der Waals surface area contributed by atoms with Gasteiger partial charge in [-0.1, -0.05) is 51.1 Å². The fourth-order valence-corrected chi connectivity index (χ4v) is 5.22. The predicted octanol–water partition coefficient (Wildman–Crippen LogP) is 2.67. The number of cyclic esters (lactones) is 1. The van der Waals surface area contributed by atoms with Crippen LogP contribution in [-0.4, -0.2) is 84.1 Å². The third kappa shape index (κ3) is 10.1. The first-order valence-corrected chi connectivity index (χ1v) is 16.3. The predicted molar refractivity (Wildman–Crippen MR) is 174 cm³/mol. The number of rotatable bonds is 4. The number of amides is 3. The summed E-state index contributed by atoms with van der Waals surface area (Å²) in [4.78, 5) is 69.5. The summed E-state index contributed by atoms with van der Waals surface area (Å²) in [6, 6.07) is 7.44. The number of fused-ring (bicyclic) bond motifs is 4. The molecule has 2 aliphatic rings. The number of pyridine rings is 1. The Balaban J connectivity index is 1.59. The van der Waals surface area contributed by atoms with Crippen molar-refractivity contribution in [2.24, 2.45) is 5.92 Å². The minimum Gasteiger partial charge on any atom is -0.450 e. The highest BCUT2D eigenvalue weighted by Gasteiger charge is 2.34. The normalized spacial score (nSPS) is 26.0. The smallest absolute Gasteiger partial charge is 0.333 e. The van der Waals surface area contributed by atoms with Gasteiger partial charge in [-0.05, 0) is 56.7 Å². The van der Waals surface area contributed by atoms with E-state index in [1.54, 1.807) is 26.0 Å². The van der Waals surface area contributed by atoms with Gasteiger partial charge in [0.05, 0.1) is 23.9 Å². The number of carbonyl (C=O) groups excluding carboxylic acids is 5. The van der Waals surface area contributed by atoms with Crippen LogP contribution in [0.3, 0.4) is 0 Å². The molecule has 0 saturated carbocycles. The van der Waals surface area contributed by atoms with Gasteiger partial charge in [0.15, 0.2) is 12.7 Å². The van der Waals surface area contributed by atoms with Gasteiger partial charge in [0.2, 0.25) is 5.91 Å². The van der Waals surface area contributed by atoms with Gasteiger partial charge in [-0.2, -0.15) is 0 Å². The number of ether oxygens (including phenoxy) is 4. The molecular weight excluding hydrogens is 622 g/mol. The first-order chi connectivity index (χ1) is 22.9. The number of nitrogens with zero attached hydrogens (tertiary/aromatic N) is 2. The van der Waals surface area contributed by atoms with E-state index in [4.69, 9.17) is 23.9 Å². The van der Waals surface area contributed by atoms with Crippen LogP contribution in [0.15, 0.2) is 36.4 Å². The lowest BCUT2D eigenvalue weighted by molar-refractivity contribution is -0.272. The van der Waals surface area contributed by atoms with Crippen molar-refractivity contribution in [2.45, 2.75) is 91.0 Å². The first kappa shape index (κ1) is 36.4. The number of carbonyl (C=O) groups is 5. The second kappa shape index (κ2) is 17.1. The zero-order valence-corrected chi connectivity index (χ0v) is 28.0. The van der Waals surface area contributed by atoms with Crippen LogP contribution < -0.4 is 16.1 Å². The van der Waals surface area contributed by atoms with Gasteiger partial charge >= 0.3 is 18.4 Å².